The topological polar surface area (TPSA) is 41.9 Å². The number of piperidine rings is 1. The van der Waals surface area contributed by atoms with Gasteiger partial charge >= 0.3 is 0 Å². The van der Waals surface area contributed by atoms with Gasteiger partial charge in [0.2, 0.25) is 0 Å². The van der Waals surface area contributed by atoms with E-state index in [0.29, 0.717) is 18.6 Å². The summed E-state index contributed by atoms with van der Waals surface area (Å²) in [5.74, 6) is 1.27. The van der Waals surface area contributed by atoms with Gasteiger partial charge in [0.1, 0.15) is 12.5 Å². The van der Waals surface area contributed by atoms with Crippen molar-refractivity contribution >= 4 is 0 Å². The maximum absolute atomic E-state index is 9.96. The number of fused-ring (bicyclic) bond motifs is 1. The number of phenolic OH excluding ortho intramolecular Hbond substituents is 1. The smallest absolute Gasteiger partial charge is 0.147 e. The highest BCUT2D eigenvalue weighted by Gasteiger charge is 2.56. The molecule has 0 radical (unpaired) electrons. The van der Waals surface area contributed by atoms with Crippen molar-refractivity contribution in [2.45, 2.75) is 43.2 Å². The molecule has 2 aliphatic heterocycles. The van der Waals surface area contributed by atoms with Crippen molar-refractivity contribution in [2.24, 2.45) is 5.92 Å². The van der Waals surface area contributed by atoms with Crippen LogP contribution in [0.2, 0.25) is 0 Å². The van der Waals surface area contributed by atoms with Crippen molar-refractivity contribution in [1.29, 1.82) is 0 Å². The fraction of sp³-hybridized carbons (Fsp3) is 0.667. The molecule has 118 valence electrons. The first-order valence-electron chi connectivity index (χ1n) is 8.52. The molecule has 5 rings (SSSR count). The molecule has 4 heteroatoms. The van der Waals surface area contributed by atoms with E-state index < -0.39 is 0 Å². The van der Waals surface area contributed by atoms with E-state index in [2.05, 4.69) is 11.0 Å². The quantitative estimate of drug-likeness (QED) is 0.908. The predicted octanol–water partition coefficient (Wildman–Crippen LogP) is 2.04. The predicted molar refractivity (Wildman–Crippen MR) is 81.9 cm³/mol. The van der Waals surface area contributed by atoms with Gasteiger partial charge in [0, 0.05) is 18.0 Å². The van der Waals surface area contributed by atoms with E-state index in [4.69, 9.17) is 9.47 Å². The highest BCUT2D eigenvalue weighted by molar-refractivity contribution is 5.46. The molecule has 3 fully saturated rings. The third kappa shape index (κ3) is 1.87. The molecule has 1 saturated carbocycles. The molecule has 0 spiro atoms. The van der Waals surface area contributed by atoms with Crippen molar-refractivity contribution in [2.75, 3.05) is 26.5 Å². The summed E-state index contributed by atoms with van der Waals surface area (Å²) in [6, 6.07) is 6.34. The minimum absolute atomic E-state index is 0.0602. The Morgan fingerprint density at radius 3 is 3.09 bits per heavy atom. The van der Waals surface area contributed by atoms with E-state index in [1.54, 1.807) is 0 Å². The summed E-state index contributed by atoms with van der Waals surface area (Å²) >= 11 is 0. The summed E-state index contributed by atoms with van der Waals surface area (Å²) < 4.78 is 11.8. The number of rotatable bonds is 2. The number of phenols is 1. The lowest BCUT2D eigenvalue weighted by Gasteiger charge is -2.57. The molecule has 3 atom stereocenters. The first-order valence-corrected chi connectivity index (χ1v) is 8.52. The van der Waals surface area contributed by atoms with Crippen molar-refractivity contribution in [3.8, 4) is 5.75 Å². The van der Waals surface area contributed by atoms with Gasteiger partial charge in [0.15, 0.2) is 0 Å². The average molecular weight is 301 g/mol. The number of nitrogens with zero attached hydrogens (tertiary/aromatic N) is 1. The maximum Gasteiger partial charge on any atom is 0.147 e. The summed E-state index contributed by atoms with van der Waals surface area (Å²) in [7, 11) is 0. The summed E-state index contributed by atoms with van der Waals surface area (Å²) in [6.07, 6.45) is 5.11. The molecule has 0 amide bonds. The van der Waals surface area contributed by atoms with Gasteiger partial charge in [-0.25, -0.2) is 0 Å². The summed E-state index contributed by atoms with van der Waals surface area (Å²) in [6.45, 7) is 3.49. The fourth-order valence-electron chi connectivity index (χ4n) is 4.87. The number of aromatic hydroxyl groups is 1. The second kappa shape index (κ2) is 4.70. The molecular formula is C18H23NO3. The van der Waals surface area contributed by atoms with Crippen LogP contribution in [0.25, 0.3) is 0 Å². The van der Waals surface area contributed by atoms with Gasteiger partial charge < -0.3 is 14.6 Å². The van der Waals surface area contributed by atoms with Gasteiger partial charge in [0.25, 0.3) is 0 Å². The maximum atomic E-state index is 9.96. The Kier molecular flexibility index (Phi) is 2.85. The van der Waals surface area contributed by atoms with Gasteiger partial charge in [0.05, 0.1) is 12.7 Å². The first-order chi connectivity index (χ1) is 10.8. The second-order valence-corrected chi connectivity index (χ2v) is 7.51. The van der Waals surface area contributed by atoms with E-state index in [9.17, 15) is 5.11 Å². The molecule has 2 heterocycles. The zero-order valence-electron chi connectivity index (χ0n) is 12.8. The lowest BCUT2D eigenvalue weighted by atomic mass is 9.61. The SMILES string of the molecule is Oc1ccc2c(c1)[C@]13CCN(CC4CC4)[C@H](C2)[C@@H]1OCOC3. The highest BCUT2D eigenvalue weighted by atomic mass is 16.7. The van der Waals surface area contributed by atoms with Crippen LogP contribution in [0.3, 0.4) is 0 Å². The molecule has 2 bridgehead atoms. The molecule has 4 aliphatic rings. The average Bonchev–Trinajstić information content (AvgIpc) is 3.35. The van der Waals surface area contributed by atoms with Crippen molar-refractivity contribution in [3.05, 3.63) is 29.3 Å². The van der Waals surface area contributed by atoms with E-state index in [-0.39, 0.29) is 11.5 Å². The number of hydrogen-bond acceptors (Lipinski definition) is 4. The normalized spacial score (nSPS) is 37.5. The van der Waals surface area contributed by atoms with Crippen molar-refractivity contribution in [1.82, 2.24) is 4.90 Å². The second-order valence-electron chi connectivity index (χ2n) is 7.51. The highest BCUT2D eigenvalue weighted by Crippen LogP contribution is 2.49. The van der Waals surface area contributed by atoms with Crippen LogP contribution in [-0.4, -0.2) is 48.6 Å². The van der Waals surface area contributed by atoms with E-state index in [1.165, 1.54) is 30.5 Å². The van der Waals surface area contributed by atoms with Crippen LogP contribution in [0.5, 0.6) is 5.75 Å². The van der Waals surface area contributed by atoms with Crippen LogP contribution >= 0.6 is 0 Å². The van der Waals surface area contributed by atoms with Gasteiger partial charge in [-0.3, -0.25) is 4.90 Å². The van der Waals surface area contributed by atoms with Gasteiger partial charge in [-0.15, -0.1) is 0 Å². The Labute approximate surface area is 131 Å². The standard InChI is InChI=1S/C18H23NO3/c20-14-4-3-13-7-16-17-18(15(13)8-14,10-21-11-22-17)5-6-19(16)9-12-1-2-12/h3-4,8,12,16-17,20H,1-2,5-7,9-11H2/t16-,17+,18-/m1/s1. The molecule has 1 aromatic rings. The fourth-order valence-corrected chi connectivity index (χ4v) is 4.87. The lowest BCUT2D eigenvalue weighted by Crippen LogP contribution is -2.67. The Morgan fingerprint density at radius 1 is 1.32 bits per heavy atom. The van der Waals surface area contributed by atoms with Crippen LogP contribution < -0.4 is 0 Å². The number of benzene rings is 1. The molecule has 2 saturated heterocycles. The third-order valence-electron chi connectivity index (χ3n) is 6.15. The van der Waals surface area contributed by atoms with Crippen LogP contribution in [0.1, 0.15) is 30.4 Å². The number of ether oxygens (including phenoxy) is 2. The summed E-state index contributed by atoms with van der Waals surface area (Å²) in [5, 5.41) is 9.96. The largest absolute Gasteiger partial charge is 0.508 e. The van der Waals surface area contributed by atoms with Crippen molar-refractivity contribution < 1.29 is 14.6 Å². The first kappa shape index (κ1) is 13.3. The molecular weight excluding hydrogens is 278 g/mol. The molecule has 4 nitrogen and oxygen atoms in total. The summed E-state index contributed by atoms with van der Waals surface area (Å²) in [4.78, 5) is 2.67. The van der Waals surface area contributed by atoms with Crippen LogP contribution in [0.15, 0.2) is 18.2 Å². The molecule has 22 heavy (non-hydrogen) atoms. The van der Waals surface area contributed by atoms with Gasteiger partial charge in [-0.1, -0.05) is 6.07 Å². The Morgan fingerprint density at radius 2 is 2.23 bits per heavy atom. The van der Waals surface area contributed by atoms with E-state index >= 15 is 0 Å². The van der Waals surface area contributed by atoms with Crippen LogP contribution in [-0.2, 0) is 21.3 Å². The molecule has 0 aromatic heterocycles. The Hall–Kier alpha value is -1.10. The minimum Gasteiger partial charge on any atom is -0.508 e. The molecule has 2 aliphatic carbocycles. The zero-order chi connectivity index (χ0) is 14.7. The number of likely N-dealkylation sites (tertiary alicyclic amines) is 1. The van der Waals surface area contributed by atoms with E-state index in [1.807, 2.05) is 12.1 Å². The monoisotopic (exact) mass is 301 g/mol. The molecule has 1 N–H and O–H groups in total. The molecule has 0 unspecified atom stereocenters. The Bertz CT molecular complexity index is 600. The minimum atomic E-state index is -0.0602. The zero-order valence-corrected chi connectivity index (χ0v) is 12.8. The Balaban J connectivity index is 1.58. The van der Waals surface area contributed by atoms with Crippen LogP contribution in [0, 0.1) is 5.92 Å². The van der Waals surface area contributed by atoms with Gasteiger partial charge in [-0.2, -0.15) is 0 Å². The van der Waals surface area contributed by atoms with E-state index in [0.717, 1.165) is 31.9 Å². The van der Waals surface area contributed by atoms with Crippen molar-refractivity contribution in [3.63, 3.8) is 0 Å². The van der Waals surface area contributed by atoms with Crippen LogP contribution in [0.4, 0.5) is 0 Å². The number of hydrogen-bond donors (Lipinski definition) is 1. The lowest BCUT2D eigenvalue weighted by molar-refractivity contribution is -0.222. The summed E-state index contributed by atoms with van der Waals surface area (Å²) in [5.41, 5.74) is 2.57. The van der Waals surface area contributed by atoms with Gasteiger partial charge in [-0.05, 0) is 61.4 Å². The third-order valence-corrected chi connectivity index (χ3v) is 6.15. The molecule has 1 aromatic carbocycles.